The van der Waals surface area contributed by atoms with Gasteiger partial charge in [-0.3, -0.25) is 9.20 Å². The fraction of sp³-hybridized carbons (Fsp3) is 0.344. The number of pyridine rings is 3. The number of rotatable bonds is 6. The fourth-order valence-corrected chi connectivity index (χ4v) is 7.25. The Balaban J connectivity index is 1.55. The van der Waals surface area contributed by atoms with Crippen molar-refractivity contribution in [1.82, 2.24) is 24.2 Å². The summed E-state index contributed by atoms with van der Waals surface area (Å²) in [5.74, 6) is -2.81. The molecule has 0 radical (unpaired) electrons. The van der Waals surface area contributed by atoms with Crippen LogP contribution >= 0.6 is 0 Å². The normalized spacial score (nSPS) is 18.8. The molecular weight excluding hydrogens is 568 g/mol. The molecule has 12 heteroatoms. The molecule has 6 heterocycles. The summed E-state index contributed by atoms with van der Waals surface area (Å²) in [7, 11) is 7.48. The van der Waals surface area contributed by atoms with Gasteiger partial charge in [-0.05, 0) is 51.2 Å². The maximum atomic E-state index is 15.8. The minimum absolute atomic E-state index is 0.114. The van der Waals surface area contributed by atoms with Crippen LogP contribution in [0.25, 0.3) is 38.6 Å². The number of nitrogens with one attached hydrogen (secondary N) is 2. The number of hydrogen-bond acceptors (Lipinski definition) is 7. The lowest BCUT2D eigenvalue weighted by molar-refractivity contribution is 0.0694. The van der Waals surface area contributed by atoms with Crippen LogP contribution < -0.4 is 15.8 Å². The summed E-state index contributed by atoms with van der Waals surface area (Å²) in [6.45, 7) is 2.92. The number of aromatic carboxylic acids is 1. The van der Waals surface area contributed by atoms with Crippen LogP contribution in [0.1, 0.15) is 22.3 Å². The smallest absolute Gasteiger partial charge is 0.341 e. The van der Waals surface area contributed by atoms with Crippen LogP contribution in [0.5, 0.6) is 0 Å². The van der Waals surface area contributed by atoms with Gasteiger partial charge in [-0.2, -0.15) is 0 Å². The van der Waals surface area contributed by atoms with Crippen molar-refractivity contribution in [3.05, 3.63) is 69.8 Å². The van der Waals surface area contributed by atoms with E-state index < -0.39 is 23.2 Å². The number of hydrogen-bond donors (Lipinski definition) is 3. The molecule has 228 valence electrons. The zero-order valence-corrected chi connectivity index (χ0v) is 24.9. The summed E-state index contributed by atoms with van der Waals surface area (Å²) in [5.41, 5.74) is 3.53. The summed E-state index contributed by atoms with van der Waals surface area (Å²) >= 11 is 0. The van der Waals surface area contributed by atoms with Crippen molar-refractivity contribution < 1.29 is 18.7 Å². The number of benzene rings is 1. The minimum Gasteiger partial charge on any atom is -0.477 e. The van der Waals surface area contributed by atoms with Crippen molar-refractivity contribution >= 4 is 44.8 Å². The second-order valence-corrected chi connectivity index (χ2v) is 12.2. The SMILES string of the molecule is CNc1cc(F)c(F)c2c1[nH]c1ncc(-c3ccc4c(CN(C)C)cc(C(=O)O)c(=O)n4c3)c(N3CCC4CN(C)CC43)c12. The maximum absolute atomic E-state index is 15.8. The molecule has 2 aliphatic heterocycles. The average molecular weight is 602 g/mol. The van der Waals surface area contributed by atoms with E-state index in [4.69, 9.17) is 0 Å². The summed E-state index contributed by atoms with van der Waals surface area (Å²) in [6, 6.07) is 6.40. The Morgan fingerprint density at radius 2 is 2.00 bits per heavy atom. The van der Waals surface area contributed by atoms with Crippen LogP contribution in [0, 0.1) is 17.6 Å². The Kier molecular flexibility index (Phi) is 6.59. The lowest BCUT2D eigenvalue weighted by atomic mass is 10.00. The monoisotopic (exact) mass is 601 g/mol. The number of carbonyl (C=O) groups is 1. The second kappa shape index (κ2) is 10.3. The van der Waals surface area contributed by atoms with E-state index in [1.54, 1.807) is 25.5 Å². The molecule has 5 aromatic rings. The van der Waals surface area contributed by atoms with Crippen LogP contribution in [0.2, 0.25) is 0 Å². The largest absolute Gasteiger partial charge is 0.477 e. The lowest BCUT2D eigenvalue weighted by Crippen LogP contribution is -2.35. The summed E-state index contributed by atoms with van der Waals surface area (Å²) in [5, 5.41) is 13.4. The van der Waals surface area contributed by atoms with Crippen molar-refractivity contribution in [2.75, 3.05) is 58.0 Å². The highest BCUT2D eigenvalue weighted by atomic mass is 19.2. The Bertz CT molecular complexity index is 2050. The Labute approximate surface area is 251 Å². The number of carboxylic acid groups (broad SMARTS) is 1. The number of fused-ring (bicyclic) bond motifs is 5. The van der Waals surface area contributed by atoms with Crippen molar-refractivity contribution in [2.24, 2.45) is 5.92 Å². The number of anilines is 2. The van der Waals surface area contributed by atoms with Crippen LogP contribution in [-0.2, 0) is 6.54 Å². The van der Waals surface area contributed by atoms with E-state index in [1.165, 1.54) is 10.5 Å². The topological polar surface area (TPSA) is 109 Å². The van der Waals surface area contributed by atoms with E-state index in [1.807, 2.05) is 25.1 Å². The first kappa shape index (κ1) is 28.2. The van der Waals surface area contributed by atoms with E-state index >= 15 is 4.39 Å². The van der Waals surface area contributed by atoms with Gasteiger partial charge in [0, 0.05) is 68.9 Å². The first-order chi connectivity index (χ1) is 21.1. The molecule has 2 aliphatic rings. The molecule has 10 nitrogen and oxygen atoms in total. The van der Waals surface area contributed by atoms with Gasteiger partial charge < -0.3 is 30.1 Å². The number of H-pyrrole nitrogens is 1. The predicted octanol–water partition coefficient (Wildman–Crippen LogP) is 4.22. The molecule has 2 saturated heterocycles. The molecule has 0 bridgehead atoms. The van der Waals surface area contributed by atoms with Gasteiger partial charge in [-0.25, -0.2) is 18.6 Å². The van der Waals surface area contributed by atoms with Crippen LogP contribution in [-0.4, -0.2) is 89.1 Å². The van der Waals surface area contributed by atoms with Crippen molar-refractivity contribution in [3.63, 3.8) is 0 Å². The van der Waals surface area contributed by atoms with E-state index in [9.17, 15) is 19.1 Å². The lowest BCUT2D eigenvalue weighted by Gasteiger charge is -2.29. The molecular formula is C32H33F2N7O3. The van der Waals surface area contributed by atoms with Crippen molar-refractivity contribution in [3.8, 4) is 11.1 Å². The highest BCUT2D eigenvalue weighted by Crippen LogP contribution is 2.46. The van der Waals surface area contributed by atoms with Gasteiger partial charge in [0.25, 0.3) is 5.56 Å². The first-order valence-electron chi connectivity index (χ1n) is 14.6. The number of likely N-dealkylation sites (N-methyl/N-ethyl adjacent to an activating group) is 1. The first-order valence-corrected chi connectivity index (χ1v) is 14.6. The molecule has 0 aliphatic carbocycles. The highest BCUT2D eigenvalue weighted by Gasteiger charge is 2.42. The summed E-state index contributed by atoms with van der Waals surface area (Å²) in [6.07, 6.45) is 4.28. The molecule has 2 unspecified atom stereocenters. The van der Waals surface area contributed by atoms with Crippen molar-refractivity contribution in [2.45, 2.75) is 19.0 Å². The van der Waals surface area contributed by atoms with Gasteiger partial charge in [-0.1, -0.05) is 6.07 Å². The number of aromatic amines is 1. The van der Waals surface area contributed by atoms with Crippen LogP contribution in [0.15, 0.2) is 41.5 Å². The number of carboxylic acids is 1. The summed E-state index contributed by atoms with van der Waals surface area (Å²) in [4.78, 5) is 39.9. The molecule has 0 saturated carbocycles. The molecule has 1 aromatic carbocycles. The average Bonchev–Trinajstić information content (AvgIpc) is 3.67. The number of nitrogens with zero attached hydrogens (tertiary/aromatic N) is 5. The van der Waals surface area contributed by atoms with Gasteiger partial charge in [-0.15, -0.1) is 0 Å². The molecule has 2 atom stereocenters. The van der Waals surface area contributed by atoms with E-state index in [0.717, 1.165) is 32.1 Å². The van der Waals surface area contributed by atoms with E-state index in [-0.39, 0.29) is 17.0 Å². The quantitative estimate of drug-likeness (QED) is 0.266. The summed E-state index contributed by atoms with van der Waals surface area (Å²) < 4.78 is 32.1. The predicted molar refractivity (Wildman–Crippen MR) is 167 cm³/mol. The van der Waals surface area contributed by atoms with Gasteiger partial charge in [0.05, 0.1) is 33.2 Å². The molecule has 44 heavy (non-hydrogen) atoms. The fourth-order valence-electron chi connectivity index (χ4n) is 7.25. The van der Waals surface area contributed by atoms with E-state index in [2.05, 4.69) is 32.1 Å². The number of halogens is 2. The number of aromatic nitrogens is 3. The Morgan fingerprint density at radius 3 is 2.73 bits per heavy atom. The zero-order valence-electron chi connectivity index (χ0n) is 24.9. The Morgan fingerprint density at radius 1 is 1.20 bits per heavy atom. The zero-order chi connectivity index (χ0) is 31.0. The number of likely N-dealkylation sites (tertiary alicyclic amines) is 1. The van der Waals surface area contributed by atoms with Gasteiger partial charge in [0.15, 0.2) is 11.6 Å². The molecule has 0 spiro atoms. The maximum Gasteiger partial charge on any atom is 0.341 e. The third-order valence-electron chi connectivity index (χ3n) is 9.12. The molecule has 2 fully saturated rings. The van der Waals surface area contributed by atoms with Gasteiger partial charge in [0.2, 0.25) is 0 Å². The van der Waals surface area contributed by atoms with Crippen LogP contribution in [0.4, 0.5) is 20.2 Å². The molecule has 0 amide bonds. The van der Waals surface area contributed by atoms with E-state index in [0.29, 0.717) is 62.6 Å². The molecule has 3 N–H and O–H groups in total. The molecule has 7 rings (SSSR count). The van der Waals surface area contributed by atoms with Crippen LogP contribution in [0.3, 0.4) is 0 Å². The van der Waals surface area contributed by atoms with Gasteiger partial charge >= 0.3 is 5.97 Å². The third-order valence-corrected chi connectivity index (χ3v) is 9.12. The minimum atomic E-state index is -1.30. The van der Waals surface area contributed by atoms with Gasteiger partial charge in [0.1, 0.15) is 11.2 Å². The standard InChI is InChI=1S/C32H33F2N7O3/c1-35-22-10-21(33)27(34)25-26-29(40-8-7-17-13-39(4)15-24(17)40)20(11-36-30(26)37-28(22)25)16-5-6-23-18(12-38(2)3)9-19(32(43)44)31(42)41(23)14-16/h5-6,9-11,14,17,24,35H,7-8,12-13,15H2,1-4H3,(H,36,37)(H,43,44). The Hall–Kier alpha value is -4.55. The highest BCUT2D eigenvalue weighted by molar-refractivity contribution is 6.18. The van der Waals surface area contributed by atoms with Crippen molar-refractivity contribution in [1.29, 1.82) is 0 Å². The third kappa shape index (κ3) is 4.23. The molecule has 4 aromatic heterocycles. The second-order valence-electron chi connectivity index (χ2n) is 12.2.